The number of piperidine rings is 3. The maximum atomic E-state index is 14.3. The monoisotopic (exact) mass is 870 g/mol. The number of nitrogens with one attached hydrogen (secondary N) is 2. The Morgan fingerprint density at radius 2 is 1.58 bits per heavy atom. The zero-order valence-corrected chi connectivity index (χ0v) is 36.2. The fraction of sp³-hybridized carbons (Fsp3) is 0.479. The van der Waals surface area contributed by atoms with Gasteiger partial charge in [-0.25, -0.2) is 4.79 Å². The zero-order chi connectivity index (χ0) is 43.7. The number of ether oxygens (including phenoxy) is 2. The number of urea groups is 1. The van der Waals surface area contributed by atoms with Gasteiger partial charge in [0.15, 0.2) is 5.82 Å². The first kappa shape index (κ1) is 41.7. The summed E-state index contributed by atoms with van der Waals surface area (Å²) in [6.07, 6.45) is 6.39. The number of aromatic hydroxyl groups is 1. The molecule has 3 aromatic carbocycles. The number of phenols is 1. The highest BCUT2D eigenvalue weighted by molar-refractivity contribution is 5.98. The molecule has 336 valence electrons. The maximum Gasteiger partial charge on any atom is 0.320 e. The van der Waals surface area contributed by atoms with E-state index in [1.165, 1.54) is 0 Å². The largest absolute Gasteiger partial charge is 0.507 e. The first-order valence-electron chi connectivity index (χ1n) is 23.0. The quantitative estimate of drug-likeness (QED) is 0.147. The molecule has 1 aromatic heterocycles. The minimum absolute atomic E-state index is 0.0197. The first-order chi connectivity index (χ1) is 31.2. The Labute approximate surface area is 373 Å². The highest BCUT2D eigenvalue weighted by Crippen LogP contribution is 2.40. The van der Waals surface area contributed by atoms with Crippen molar-refractivity contribution in [2.75, 3.05) is 84.8 Å². The predicted octanol–water partition coefficient (Wildman–Crippen LogP) is 5.09. The highest BCUT2D eigenvalue weighted by Gasteiger charge is 2.42. The predicted molar refractivity (Wildman–Crippen MR) is 245 cm³/mol. The number of hydrogen-bond acceptors (Lipinski definition) is 13. The van der Waals surface area contributed by atoms with E-state index in [0.717, 1.165) is 93.2 Å². The van der Waals surface area contributed by atoms with Crippen molar-refractivity contribution in [2.24, 2.45) is 5.92 Å². The summed E-state index contributed by atoms with van der Waals surface area (Å²) in [5.41, 5.74) is 11.7. The van der Waals surface area contributed by atoms with Crippen LogP contribution in [0.4, 0.5) is 33.4 Å². The van der Waals surface area contributed by atoms with Crippen LogP contribution in [0.2, 0.25) is 0 Å². The number of fused-ring (bicyclic) bond motifs is 2. The second kappa shape index (κ2) is 18.1. The lowest BCUT2D eigenvalue weighted by molar-refractivity contribution is -0.135. The van der Waals surface area contributed by atoms with Crippen LogP contribution < -0.4 is 35.8 Å². The number of nitrogens with zero attached hydrogens (tertiary/aromatic N) is 7. The fourth-order valence-electron chi connectivity index (χ4n) is 10.6. The van der Waals surface area contributed by atoms with E-state index in [2.05, 4.69) is 70.8 Å². The number of carbonyl (C=O) groups excluding carboxylic acids is 3. The van der Waals surface area contributed by atoms with E-state index in [1.54, 1.807) is 12.1 Å². The molecule has 10 rings (SSSR count). The summed E-state index contributed by atoms with van der Waals surface area (Å²) in [6, 6.07) is 26.8. The Bertz CT molecular complexity index is 2330. The Morgan fingerprint density at radius 1 is 0.828 bits per heavy atom. The number of benzene rings is 3. The van der Waals surface area contributed by atoms with E-state index in [9.17, 15) is 19.5 Å². The molecule has 1 unspecified atom stereocenters. The van der Waals surface area contributed by atoms with Gasteiger partial charge < -0.3 is 50.1 Å². The molecule has 6 aliphatic heterocycles. The molecule has 6 saturated heterocycles. The van der Waals surface area contributed by atoms with Crippen molar-refractivity contribution >= 4 is 46.4 Å². The lowest BCUT2D eigenvalue weighted by Gasteiger charge is -2.47. The minimum Gasteiger partial charge on any atom is -0.507 e. The average molecular weight is 871 g/mol. The van der Waals surface area contributed by atoms with Gasteiger partial charge in [-0.05, 0) is 80.6 Å². The lowest BCUT2D eigenvalue weighted by Crippen LogP contribution is -2.62. The van der Waals surface area contributed by atoms with Gasteiger partial charge in [0.25, 0.3) is 0 Å². The molecule has 2 bridgehead atoms. The molecule has 3 atom stereocenters. The van der Waals surface area contributed by atoms with Crippen LogP contribution in [0.25, 0.3) is 11.3 Å². The van der Waals surface area contributed by atoms with Crippen molar-refractivity contribution in [3.05, 3.63) is 78.9 Å². The van der Waals surface area contributed by atoms with E-state index < -0.39 is 0 Å². The standard InChI is InChI=1S/C48H58N10O6/c49-46-43(25-42(52-53-46)41-9-1-2-10-44(41)59)56-27-36-12-13-37(28-56)57(36)35-7-4-8-40(24-35)64-39-17-21-55(22-18-39)48(62)58(38-29-63-30-38)33-15-19-54(20-16-33)34-6-3-5-32(23-34)50-26-31-11-14-45(60)51-47(31)61/h1-10,23-25,31,33,36-39,50,59H,11-22,26-30H2,(H2,49,53)(H,51,60,61)/t31?,36-,37+. The molecule has 0 saturated carbocycles. The Hall–Kier alpha value is -6.29. The molecule has 0 radical (unpaired) electrons. The van der Waals surface area contributed by atoms with Gasteiger partial charge in [-0.2, -0.15) is 0 Å². The molecule has 7 heterocycles. The number of para-hydroxylation sites is 1. The molecule has 6 fully saturated rings. The summed E-state index contributed by atoms with van der Waals surface area (Å²) in [4.78, 5) is 49.5. The molecule has 0 spiro atoms. The Balaban J connectivity index is 0.720. The van der Waals surface area contributed by atoms with Crippen LogP contribution >= 0.6 is 0 Å². The van der Waals surface area contributed by atoms with E-state index >= 15 is 0 Å². The second-order valence-corrected chi connectivity index (χ2v) is 18.2. The summed E-state index contributed by atoms with van der Waals surface area (Å²) in [5.74, 6) is 0.771. The second-order valence-electron chi connectivity index (χ2n) is 18.2. The molecule has 16 heteroatoms. The third kappa shape index (κ3) is 8.67. The van der Waals surface area contributed by atoms with Gasteiger partial charge in [0.05, 0.1) is 36.6 Å². The van der Waals surface area contributed by atoms with Gasteiger partial charge in [0.2, 0.25) is 11.8 Å². The number of carbonyl (C=O) groups is 3. The van der Waals surface area contributed by atoms with Crippen molar-refractivity contribution < 1.29 is 29.0 Å². The van der Waals surface area contributed by atoms with E-state index in [1.807, 2.05) is 41.3 Å². The number of aromatic nitrogens is 2. The van der Waals surface area contributed by atoms with Crippen molar-refractivity contribution in [3.8, 4) is 22.8 Å². The minimum atomic E-state index is -0.228. The first-order valence-corrected chi connectivity index (χ1v) is 23.0. The van der Waals surface area contributed by atoms with E-state index in [-0.39, 0.29) is 47.7 Å². The molecular weight excluding hydrogens is 813 g/mol. The van der Waals surface area contributed by atoms with Gasteiger partial charge in [0.1, 0.15) is 17.6 Å². The van der Waals surface area contributed by atoms with Crippen LogP contribution in [-0.2, 0) is 14.3 Å². The molecule has 0 aliphatic carbocycles. The van der Waals surface area contributed by atoms with Gasteiger partial charge >= 0.3 is 6.03 Å². The normalized spacial score (nSPS) is 23.2. The smallest absolute Gasteiger partial charge is 0.320 e. The van der Waals surface area contributed by atoms with Gasteiger partial charge in [-0.15, -0.1) is 10.2 Å². The number of nitrogens with two attached hydrogens (primary N) is 1. The molecular formula is C48H58N10O6. The van der Waals surface area contributed by atoms with Crippen LogP contribution in [-0.4, -0.2) is 132 Å². The summed E-state index contributed by atoms with van der Waals surface area (Å²) >= 11 is 0. The number of amides is 4. The SMILES string of the molecule is Nc1nnc(-c2ccccc2O)cc1N1C[C@H]2CC[C@@H](C1)N2c1cccc(OC2CCN(C(=O)N(C3CCN(c4cccc(NCC5CCC(=O)NC5=O)c4)CC3)C3COC3)CC2)c1. The number of rotatable bonds is 11. The molecule has 5 N–H and O–H groups in total. The number of nitrogen functional groups attached to an aromatic ring is 1. The highest BCUT2D eigenvalue weighted by atomic mass is 16.5. The summed E-state index contributed by atoms with van der Waals surface area (Å²) in [7, 11) is 0. The number of anilines is 5. The third-order valence-corrected chi connectivity index (χ3v) is 14.1. The summed E-state index contributed by atoms with van der Waals surface area (Å²) in [6.45, 7) is 6.21. The van der Waals surface area contributed by atoms with E-state index in [4.69, 9.17) is 15.2 Å². The van der Waals surface area contributed by atoms with Crippen molar-refractivity contribution in [1.29, 1.82) is 0 Å². The van der Waals surface area contributed by atoms with Crippen LogP contribution in [0.1, 0.15) is 51.4 Å². The molecule has 4 amide bonds. The number of imide groups is 1. The lowest BCUT2D eigenvalue weighted by atomic mass is 9.98. The summed E-state index contributed by atoms with van der Waals surface area (Å²) < 4.78 is 12.3. The number of phenolic OH excluding ortho intramolecular Hbond substituents is 1. The van der Waals surface area contributed by atoms with Gasteiger partial charge in [-0.3, -0.25) is 14.9 Å². The van der Waals surface area contributed by atoms with Crippen LogP contribution in [0.15, 0.2) is 78.9 Å². The number of likely N-dealkylation sites (tertiary alicyclic amines) is 1. The van der Waals surface area contributed by atoms with Crippen molar-refractivity contribution in [1.82, 2.24) is 25.3 Å². The molecule has 16 nitrogen and oxygen atoms in total. The number of hydrogen-bond donors (Lipinski definition) is 4. The zero-order valence-electron chi connectivity index (χ0n) is 36.2. The molecule has 64 heavy (non-hydrogen) atoms. The Morgan fingerprint density at radius 3 is 2.31 bits per heavy atom. The molecule has 6 aliphatic rings. The van der Waals surface area contributed by atoms with E-state index in [0.29, 0.717) is 74.8 Å². The number of piperazine rings is 1. The van der Waals surface area contributed by atoms with Gasteiger partial charge in [0, 0.05) is 112 Å². The Kier molecular flexibility index (Phi) is 11.8. The maximum absolute atomic E-state index is 14.3. The topological polar surface area (TPSA) is 182 Å². The fourth-order valence-corrected chi connectivity index (χ4v) is 10.6. The van der Waals surface area contributed by atoms with Crippen molar-refractivity contribution in [2.45, 2.75) is 81.6 Å². The third-order valence-electron chi connectivity index (χ3n) is 14.1. The van der Waals surface area contributed by atoms with Crippen molar-refractivity contribution in [3.63, 3.8) is 0 Å². The van der Waals surface area contributed by atoms with Crippen LogP contribution in [0.3, 0.4) is 0 Å². The van der Waals surface area contributed by atoms with Crippen LogP contribution in [0, 0.1) is 5.92 Å². The summed E-state index contributed by atoms with van der Waals surface area (Å²) in [5, 5.41) is 24.9. The van der Waals surface area contributed by atoms with Crippen LogP contribution in [0.5, 0.6) is 11.5 Å². The molecule has 4 aromatic rings. The van der Waals surface area contributed by atoms with Gasteiger partial charge in [-0.1, -0.05) is 24.3 Å². The average Bonchev–Trinajstić information content (AvgIpc) is 3.56.